The smallest absolute Gasteiger partial charge is 0.410 e. The van der Waals surface area contributed by atoms with Crippen LogP contribution in [0.15, 0.2) is 6.07 Å². The molecule has 8 heteroatoms. The average Bonchev–Trinajstić information content (AvgIpc) is 2.99. The van der Waals surface area contributed by atoms with Crippen LogP contribution in [-0.2, 0) is 14.3 Å². The fourth-order valence-corrected chi connectivity index (χ4v) is 4.15. The third kappa shape index (κ3) is 5.70. The lowest BCUT2D eigenvalue weighted by molar-refractivity contribution is -0.116. The van der Waals surface area contributed by atoms with Crippen LogP contribution in [0.5, 0.6) is 0 Å². The van der Waals surface area contributed by atoms with Crippen LogP contribution in [0.2, 0.25) is 0 Å². The highest BCUT2D eigenvalue weighted by molar-refractivity contribution is 7.14. The number of esters is 1. The predicted molar refractivity (Wildman–Crippen MR) is 109 cm³/mol. The molecule has 0 N–H and O–H groups in total. The van der Waals surface area contributed by atoms with Crippen molar-refractivity contribution in [3.63, 3.8) is 0 Å². The molecule has 0 saturated carbocycles. The van der Waals surface area contributed by atoms with Crippen LogP contribution in [0.1, 0.15) is 55.1 Å². The van der Waals surface area contributed by atoms with Gasteiger partial charge in [-0.1, -0.05) is 0 Å². The topological polar surface area (TPSA) is 76.2 Å². The lowest BCUT2D eigenvalue weighted by atomic mass is 9.96. The molecule has 7 nitrogen and oxygen atoms in total. The van der Waals surface area contributed by atoms with Gasteiger partial charge in [-0.05, 0) is 52.5 Å². The summed E-state index contributed by atoms with van der Waals surface area (Å²) >= 11 is 1.33. The Labute approximate surface area is 170 Å². The van der Waals surface area contributed by atoms with Crippen LogP contribution in [0, 0.1) is 12.8 Å². The Balaban J connectivity index is 2.05. The first kappa shape index (κ1) is 22.2. The summed E-state index contributed by atoms with van der Waals surface area (Å²) < 4.78 is 10.3. The number of aryl methyl sites for hydroxylation is 1. The second kappa shape index (κ2) is 8.94. The molecule has 0 aromatic carbocycles. The van der Waals surface area contributed by atoms with E-state index in [9.17, 15) is 14.4 Å². The molecular formula is C20H30N2O5S. The highest BCUT2D eigenvalue weighted by atomic mass is 32.1. The van der Waals surface area contributed by atoms with Gasteiger partial charge in [0.1, 0.15) is 10.5 Å². The van der Waals surface area contributed by atoms with Gasteiger partial charge in [0.25, 0.3) is 0 Å². The molecule has 2 rings (SSSR count). The summed E-state index contributed by atoms with van der Waals surface area (Å²) in [6.45, 7) is 10.7. The van der Waals surface area contributed by atoms with Crippen molar-refractivity contribution in [3.8, 4) is 0 Å². The van der Waals surface area contributed by atoms with E-state index in [1.807, 2.05) is 33.8 Å². The molecule has 0 unspecified atom stereocenters. The third-order valence-electron chi connectivity index (χ3n) is 4.58. The van der Waals surface area contributed by atoms with Crippen LogP contribution >= 0.6 is 11.3 Å². The van der Waals surface area contributed by atoms with Gasteiger partial charge in [-0.2, -0.15) is 0 Å². The van der Waals surface area contributed by atoms with Gasteiger partial charge in [0.05, 0.1) is 12.8 Å². The Morgan fingerprint density at radius 3 is 2.36 bits per heavy atom. The zero-order valence-electron chi connectivity index (χ0n) is 17.5. The number of methoxy groups -OCH3 is 1. The van der Waals surface area contributed by atoms with E-state index in [1.54, 1.807) is 9.80 Å². The van der Waals surface area contributed by atoms with Crippen molar-refractivity contribution >= 4 is 35.0 Å². The molecule has 1 fully saturated rings. The first-order valence-corrected chi connectivity index (χ1v) is 10.3. The molecule has 2 heterocycles. The fraction of sp³-hybridized carbons (Fsp3) is 0.650. The summed E-state index contributed by atoms with van der Waals surface area (Å²) in [5.41, 5.74) is 0.0944. The van der Waals surface area contributed by atoms with Gasteiger partial charge < -0.3 is 19.3 Å². The molecule has 1 saturated heterocycles. The first-order chi connectivity index (χ1) is 13.0. The molecule has 0 aliphatic carbocycles. The van der Waals surface area contributed by atoms with E-state index in [4.69, 9.17) is 9.47 Å². The van der Waals surface area contributed by atoms with E-state index in [1.165, 1.54) is 25.4 Å². The fourth-order valence-electron chi connectivity index (χ4n) is 3.22. The largest absolute Gasteiger partial charge is 0.465 e. The first-order valence-electron chi connectivity index (χ1n) is 9.46. The van der Waals surface area contributed by atoms with Gasteiger partial charge >= 0.3 is 12.1 Å². The molecule has 1 aromatic heterocycles. The van der Waals surface area contributed by atoms with E-state index >= 15 is 0 Å². The predicted octanol–water partition coefficient (Wildman–Crippen LogP) is 3.84. The summed E-state index contributed by atoms with van der Waals surface area (Å²) in [4.78, 5) is 41.4. The van der Waals surface area contributed by atoms with Crippen molar-refractivity contribution in [2.45, 2.75) is 53.1 Å². The second-order valence-corrected chi connectivity index (χ2v) is 9.36. The molecular weight excluding hydrogens is 380 g/mol. The van der Waals surface area contributed by atoms with E-state index in [0.717, 1.165) is 17.7 Å². The molecule has 156 valence electrons. The molecule has 0 bridgehead atoms. The monoisotopic (exact) mass is 410 g/mol. The highest BCUT2D eigenvalue weighted by Gasteiger charge is 2.30. The quantitative estimate of drug-likeness (QED) is 0.705. The van der Waals surface area contributed by atoms with E-state index < -0.39 is 11.6 Å². The minimum Gasteiger partial charge on any atom is -0.465 e. The van der Waals surface area contributed by atoms with Gasteiger partial charge in [-0.15, -0.1) is 11.3 Å². The molecule has 0 radical (unpaired) electrons. The van der Waals surface area contributed by atoms with Crippen molar-refractivity contribution in [3.05, 3.63) is 15.8 Å². The normalized spacial score (nSPS) is 15.3. The lowest BCUT2D eigenvalue weighted by Crippen LogP contribution is -2.44. The molecule has 1 aliphatic rings. The number of hydrogen-bond donors (Lipinski definition) is 0. The lowest BCUT2D eigenvalue weighted by Gasteiger charge is -2.35. The molecule has 2 amide bonds. The SMILES string of the molecule is COC(=O)c1sc(C)cc1N(CC1CCN(C(=O)OC(C)(C)C)CC1)C(C)=O. The maximum atomic E-state index is 12.3. The van der Waals surface area contributed by atoms with Crippen LogP contribution in [0.3, 0.4) is 0 Å². The number of anilines is 1. The number of rotatable bonds is 4. The van der Waals surface area contributed by atoms with Crippen LogP contribution < -0.4 is 4.90 Å². The third-order valence-corrected chi connectivity index (χ3v) is 5.60. The summed E-state index contributed by atoms with van der Waals surface area (Å²) in [5.74, 6) is -0.301. The molecule has 0 spiro atoms. The Morgan fingerprint density at radius 1 is 1.25 bits per heavy atom. The van der Waals surface area contributed by atoms with Crippen LogP contribution in [0.4, 0.5) is 10.5 Å². The van der Waals surface area contributed by atoms with E-state index in [0.29, 0.717) is 30.2 Å². The molecule has 1 aliphatic heterocycles. The van der Waals surface area contributed by atoms with Gasteiger partial charge in [0, 0.05) is 31.4 Å². The summed E-state index contributed by atoms with van der Waals surface area (Å²) in [6, 6.07) is 1.86. The standard InChI is InChI=1S/C20H30N2O5S/c1-13-11-16(17(28-13)18(24)26-6)22(14(2)23)12-15-7-9-21(10-8-15)19(25)27-20(3,4)5/h11,15H,7-10,12H2,1-6H3. The molecule has 1 aromatic rings. The number of thiophene rings is 1. The summed E-state index contributed by atoms with van der Waals surface area (Å²) in [6.07, 6.45) is 1.26. The average molecular weight is 411 g/mol. The number of likely N-dealkylation sites (tertiary alicyclic amines) is 1. The van der Waals surface area contributed by atoms with Crippen LogP contribution in [-0.4, -0.2) is 55.2 Å². The maximum Gasteiger partial charge on any atom is 0.410 e. The zero-order chi connectivity index (χ0) is 21.1. The number of amides is 2. The van der Waals surface area contributed by atoms with Crippen molar-refractivity contribution in [1.82, 2.24) is 4.90 Å². The van der Waals surface area contributed by atoms with Crippen molar-refractivity contribution in [2.24, 2.45) is 5.92 Å². The Kier molecular flexibility index (Phi) is 7.09. The van der Waals surface area contributed by atoms with E-state index in [2.05, 4.69) is 0 Å². The number of hydrogen-bond acceptors (Lipinski definition) is 6. The summed E-state index contributed by atoms with van der Waals surface area (Å²) in [7, 11) is 1.34. The maximum absolute atomic E-state index is 12.3. The minimum atomic E-state index is -0.513. The minimum absolute atomic E-state index is 0.113. The highest BCUT2D eigenvalue weighted by Crippen LogP contribution is 2.32. The number of ether oxygens (including phenoxy) is 2. The zero-order valence-corrected chi connectivity index (χ0v) is 18.4. The second-order valence-electron chi connectivity index (χ2n) is 8.10. The van der Waals surface area contributed by atoms with Crippen molar-refractivity contribution in [1.29, 1.82) is 0 Å². The van der Waals surface area contributed by atoms with E-state index in [-0.39, 0.29) is 17.9 Å². The van der Waals surface area contributed by atoms with Gasteiger partial charge in [-0.3, -0.25) is 4.79 Å². The number of piperidine rings is 1. The summed E-state index contributed by atoms with van der Waals surface area (Å²) in [5, 5.41) is 0. The molecule has 0 atom stereocenters. The van der Waals surface area contributed by atoms with Gasteiger partial charge in [0.2, 0.25) is 5.91 Å². The Morgan fingerprint density at radius 2 is 1.86 bits per heavy atom. The Bertz CT molecular complexity index is 729. The van der Waals surface area contributed by atoms with Crippen molar-refractivity contribution in [2.75, 3.05) is 31.6 Å². The number of nitrogens with zero attached hydrogens (tertiary/aromatic N) is 2. The number of carbonyl (C=O) groups is 3. The Hall–Kier alpha value is -2.09. The van der Waals surface area contributed by atoms with Gasteiger partial charge in [0.15, 0.2) is 0 Å². The molecule has 28 heavy (non-hydrogen) atoms. The van der Waals surface area contributed by atoms with Crippen molar-refractivity contribution < 1.29 is 23.9 Å². The number of carbonyl (C=O) groups excluding carboxylic acids is 3. The van der Waals surface area contributed by atoms with Crippen LogP contribution in [0.25, 0.3) is 0 Å². The van der Waals surface area contributed by atoms with Gasteiger partial charge in [-0.25, -0.2) is 9.59 Å².